The zero-order valence-corrected chi connectivity index (χ0v) is 18.5. The quantitative estimate of drug-likeness (QED) is 0.478. The number of anilines is 1. The zero-order chi connectivity index (χ0) is 22.1. The van der Waals surface area contributed by atoms with Crippen LogP contribution in [0.3, 0.4) is 0 Å². The summed E-state index contributed by atoms with van der Waals surface area (Å²) in [4.78, 5) is 25.1. The molecule has 2 amide bonds. The van der Waals surface area contributed by atoms with E-state index in [1.54, 1.807) is 35.7 Å². The first kappa shape index (κ1) is 22.4. The van der Waals surface area contributed by atoms with Crippen molar-refractivity contribution < 1.29 is 19.1 Å². The summed E-state index contributed by atoms with van der Waals surface area (Å²) in [5.74, 6) is 0.943. The molecule has 3 rings (SSSR count). The van der Waals surface area contributed by atoms with Crippen molar-refractivity contribution in [1.29, 1.82) is 0 Å². The second-order valence-corrected chi connectivity index (χ2v) is 7.44. The Labute approximate surface area is 186 Å². The third-order valence-corrected chi connectivity index (χ3v) is 5.19. The van der Waals surface area contributed by atoms with Crippen molar-refractivity contribution in [1.82, 2.24) is 5.32 Å². The summed E-state index contributed by atoms with van der Waals surface area (Å²) in [6, 6.07) is 14.5. The van der Waals surface area contributed by atoms with Crippen LogP contribution >= 0.6 is 11.3 Å². The molecule has 162 valence electrons. The number of nitrogens with one attached hydrogen (secondary N) is 2. The van der Waals surface area contributed by atoms with E-state index in [1.165, 1.54) is 11.3 Å². The second kappa shape index (κ2) is 11.2. The maximum absolute atomic E-state index is 12.7. The van der Waals surface area contributed by atoms with Gasteiger partial charge in [0.25, 0.3) is 11.8 Å². The number of hydrogen-bond acceptors (Lipinski definition) is 5. The Balaban J connectivity index is 1.61. The van der Waals surface area contributed by atoms with Crippen molar-refractivity contribution in [2.75, 3.05) is 25.1 Å². The lowest BCUT2D eigenvalue weighted by Gasteiger charge is -2.13. The largest absolute Gasteiger partial charge is 0.490 e. The van der Waals surface area contributed by atoms with Gasteiger partial charge in [-0.2, -0.15) is 11.3 Å². The predicted octanol–water partition coefficient (Wildman–Crippen LogP) is 4.77. The van der Waals surface area contributed by atoms with Gasteiger partial charge in [-0.05, 0) is 61.5 Å². The van der Waals surface area contributed by atoms with Crippen molar-refractivity contribution in [2.24, 2.45) is 0 Å². The molecule has 0 bridgehead atoms. The molecule has 0 saturated heterocycles. The van der Waals surface area contributed by atoms with Crippen LogP contribution in [0.4, 0.5) is 5.69 Å². The van der Waals surface area contributed by atoms with E-state index < -0.39 is 0 Å². The fourth-order valence-electron chi connectivity index (χ4n) is 3.04. The van der Waals surface area contributed by atoms with Gasteiger partial charge in [0, 0.05) is 11.9 Å². The average Bonchev–Trinajstić information content (AvgIpc) is 3.31. The molecule has 0 saturated carbocycles. The molecular formula is C24H26N2O4S. The molecule has 0 radical (unpaired) electrons. The van der Waals surface area contributed by atoms with Gasteiger partial charge in [0.1, 0.15) is 0 Å². The fourth-order valence-corrected chi connectivity index (χ4v) is 3.68. The van der Waals surface area contributed by atoms with E-state index in [-0.39, 0.29) is 11.8 Å². The maximum atomic E-state index is 12.7. The van der Waals surface area contributed by atoms with Crippen LogP contribution in [0.25, 0.3) is 0 Å². The second-order valence-electron chi connectivity index (χ2n) is 6.66. The molecule has 1 aromatic heterocycles. The summed E-state index contributed by atoms with van der Waals surface area (Å²) in [6.07, 6.45) is 0.641. The summed E-state index contributed by atoms with van der Waals surface area (Å²) in [6.45, 7) is 5.42. The summed E-state index contributed by atoms with van der Waals surface area (Å²) in [7, 11) is 0. The number of amides is 2. The molecule has 6 nitrogen and oxygen atoms in total. The van der Waals surface area contributed by atoms with Gasteiger partial charge in [-0.3, -0.25) is 9.59 Å². The first-order valence-corrected chi connectivity index (χ1v) is 11.2. The van der Waals surface area contributed by atoms with E-state index in [1.807, 2.05) is 37.4 Å². The number of rotatable bonds is 10. The Kier molecular flexibility index (Phi) is 8.06. The number of hydrogen-bond donors (Lipinski definition) is 2. The van der Waals surface area contributed by atoms with Crippen molar-refractivity contribution in [3.63, 3.8) is 0 Å². The van der Waals surface area contributed by atoms with Crippen molar-refractivity contribution in [2.45, 2.75) is 20.3 Å². The summed E-state index contributed by atoms with van der Waals surface area (Å²) < 4.78 is 11.2. The lowest BCUT2D eigenvalue weighted by molar-refractivity contribution is 0.0955. The topological polar surface area (TPSA) is 76.7 Å². The van der Waals surface area contributed by atoms with E-state index in [2.05, 4.69) is 10.6 Å². The molecule has 0 atom stereocenters. The Morgan fingerprint density at radius 1 is 0.935 bits per heavy atom. The third kappa shape index (κ3) is 6.08. The van der Waals surface area contributed by atoms with E-state index in [0.29, 0.717) is 54.5 Å². The van der Waals surface area contributed by atoms with Crippen LogP contribution in [0, 0.1) is 0 Å². The number of ether oxygens (including phenoxy) is 2. The highest BCUT2D eigenvalue weighted by Gasteiger charge is 2.14. The normalized spacial score (nSPS) is 10.4. The molecule has 2 aromatic carbocycles. The smallest absolute Gasteiger partial charge is 0.256 e. The number of thiophene rings is 1. The van der Waals surface area contributed by atoms with Crippen LogP contribution < -0.4 is 20.1 Å². The highest BCUT2D eigenvalue weighted by atomic mass is 32.1. The van der Waals surface area contributed by atoms with E-state index >= 15 is 0 Å². The Bertz CT molecular complexity index is 1020. The monoisotopic (exact) mass is 438 g/mol. The Morgan fingerprint density at radius 2 is 1.71 bits per heavy atom. The number of carbonyl (C=O) groups is 2. The van der Waals surface area contributed by atoms with Crippen molar-refractivity contribution >= 4 is 28.8 Å². The molecule has 0 spiro atoms. The minimum Gasteiger partial charge on any atom is -0.490 e. The minimum absolute atomic E-state index is 0.237. The molecular weight excluding hydrogens is 412 g/mol. The van der Waals surface area contributed by atoms with Gasteiger partial charge in [0.15, 0.2) is 11.5 Å². The summed E-state index contributed by atoms with van der Waals surface area (Å²) in [5, 5.41) is 9.35. The number of benzene rings is 2. The Hall–Kier alpha value is -3.32. The number of carbonyl (C=O) groups excluding carboxylic acids is 2. The van der Waals surface area contributed by atoms with Gasteiger partial charge in [0.2, 0.25) is 0 Å². The molecule has 3 aromatic rings. The molecule has 2 N–H and O–H groups in total. The van der Waals surface area contributed by atoms with Gasteiger partial charge in [-0.15, -0.1) is 0 Å². The zero-order valence-electron chi connectivity index (χ0n) is 17.6. The van der Waals surface area contributed by atoms with Gasteiger partial charge in [-0.1, -0.05) is 18.2 Å². The van der Waals surface area contributed by atoms with Crippen molar-refractivity contribution in [3.8, 4) is 11.5 Å². The lowest BCUT2D eigenvalue weighted by atomic mass is 10.1. The van der Waals surface area contributed by atoms with Gasteiger partial charge in [-0.25, -0.2) is 0 Å². The lowest BCUT2D eigenvalue weighted by Crippen LogP contribution is -2.27. The maximum Gasteiger partial charge on any atom is 0.256 e. The number of para-hydroxylation sites is 1. The standard InChI is InChI=1S/C24H26N2O4S/c1-3-29-21-10-9-17(15-22(21)30-4-2)11-13-25-24(28)19-7-5-6-8-20(19)26-23(27)18-12-14-31-16-18/h5-10,12,14-16H,3-4,11,13H2,1-2H3,(H,25,28)(H,26,27). The molecule has 0 fully saturated rings. The highest BCUT2D eigenvalue weighted by Crippen LogP contribution is 2.28. The molecule has 31 heavy (non-hydrogen) atoms. The molecule has 0 aliphatic carbocycles. The third-order valence-electron chi connectivity index (χ3n) is 4.51. The summed E-state index contributed by atoms with van der Waals surface area (Å²) in [5.41, 5.74) is 2.51. The van der Waals surface area contributed by atoms with Crippen LogP contribution in [-0.4, -0.2) is 31.6 Å². The van der Waals surface area contributed by atoms with E-state index in [9.17, 15) is 9.59 Å². The van der Waals surface area contributed by atoms with Crippen molar-refractivity contribution in [3.05, 3.63) is 76.0 Å². The van der Waals surface area contributed by atoms with Crippen LogP contribution in [0.15, 0.2) is 59.3 Å². The molecule has 7 heteroatoms. The molecule has 1 heterocycles. The van der Waals surface area contributed by atoms with Crippen LogP contribution in [0.5, 0.6) is 11.5 Å². The first-order valence-electron chi connectivity index (χ1n) is 10.2. The Morgan fingerprint density at radius 3 is 2.45 bits per heavy atom. The first-order chi connectivity index (χ1) is 15.1. The highest BCUT2D eigenvalue weighted by molar-refractivity contribution is 7.08. The fraction of sp³-hybridized carbons (Fsp3) is 0.250. The van der Waals surface area contributed by atoms with E-state index in [0.717, 1.165) is 5.56 Å². The van der Waals surface area contributed by atoms with Crippen LogP contribution in [0.1, 0.15) is 40.1 Å². The van der Waals surface area contributed by atoms with Gasteiger partial charge in [0.05, 0.1) is 30.0 Å². The molecule has 0 aliphatic rings. The van der Waals surface area contributed by atoms with Crippen LogP contribution in [0.2, 0.25) is 0 Å². The minimum atomic E-state index is -0.239. The predicted molar refractivity (Wildman–Crippen MR) is 124 cm³/mol. The molecule has 0 aliphatic heterocycles. The SMILES string of the molecule is CCOc1ccc(CCNC(=O)c2ccccc2NC(=O)c2ccsc2)cc1OCC. The van der Waals surface area contributed by atoms with Gasteiger partial charge < -0.3 is 20.1 Å². The van der Waals surface area contributed by atoms with Gasteiger partial charge >= 0.3 is 0 Å². The summed E-state index contributed by atoms with van der Waals surface area (Å²) >= 11 is 1.45. The average molecular weight is 439 g/mol. The van der Waals surface area contributed by atoms with E-state index in [4.69, 9.17) is 9.47 Å². The van der Waals surface area contributed by atoms with Crippen LogP contribution in [-0.2, 0) is 6.42 Å². The molecule has 0 unspecified atom stereocenters.